The molecule has 2 atom stereocenters. The van der Waals surface area contributed by atoms with Crippen LogP contribution >= 0.6 is 0 Å². The number of aromatic nitrogens is 1. The zero-order valence-electron chi connectivity index (χ0n) is 26.7. The van der Waals surface area contributed by atoms with Gasteiger partial charge in [-0.25, -0.2) is 0 Å². The van der Waals surface area contributed by atoms with E-state index in [1.165, 1.54) is 65.4 Å². The highest BCUT2D eigenvalue weighted by atomic mass is 28.3. The van der Waals surface area contributed by atoms with Crippen LogP contribution < -0.4 is 0 Å². The van der Waals surface area contributed by atoms with Gasteiger partial charge in [0.25, 0.3) is 0 Å². The lowest BCUT2D eigenvalue weighted by atomic mass is 9.79. The molecule has 4 aromatic rings. The molecular weight excluding hydrogens is 527 g/mol. The van der Waals surface area contributed by atoms with E-state index >= 15 is 0 Å². The van der Waals surface area contributed by atoms with Crippen LogP contribution in [0.2, 0.25) is 13.1 Å². The number of nitrogens with zero attached hydrogens (tertiary/aromatic N) is 1. The lowest BCUT2D eigenvalue weighted by molar-refractivity contribution is -0.00473. The topological polar surface area (TPSA) is 14.2 Å². The van der Waals surface area contributed by atoms with E-state index in [2.05, 4.69) is 125 Å². The van der Waals surface area contributed by atoms with Gasteiger partial charge in [-0.15, -0.1) is 0 Å². The molecule has 1 aromatic heterocycles. The van der Waals surface area contributed by atoms with Crippen LogP contribution in [0.1, 0.15) is 87.1 Å². The molecule has 0 N–H and O–H groups in total. The first-order chi connectivity index (χ1) is 20.0. The highest BCUT2D eigenvalue weighted by molar-refractivity contribution is 6.88. The van der Waals surface area contributed by atoms with Crippen molar-refractivity contribution in [2.24, 2.45) is 7.05 Å². The van der Waals surface area contributed by atoms with Gasteiger partial charge in [0.05, 0.1) is 19.4 Å². The Labute approximate surface area is 253 Å². The van der Waals surface area contributed by atoms with Gasteiger partial charge in [0.15, 0.2) is 0 Å². The minimum Gasteiger partial charge on any atom is -0.376 e. The first kappa shape index (κ1) is 27.9. The molecule has 3 aliphatic rings. The maximum Gasteiger partial charge on any atom is 0.0801 e. The molecule has 1 aliphatic heterocycles. The number of benzene rings is 3. The molecule has 0 saturated carbocycles. The number of allylic oxidation sites excluding steroid dienone is 2. The summed E-state index contributed by atoms with van der Waals surface area (Å²) in [4.78, 5) is 0. The van der Waals surface area contributed by atoms with Crippen molar-refractivity contribution in [1.82, 2.24) is 4.57 Å². The summed E-state index contributed by atoms with van der Waals surface area (Å²) < 4.78 is 8.44. The third-order valence-corrected chi connectivity index (χ3v) is 16.9. The molecule has 0 radical (unpaired) electrons. The smallest absolute Gasteiger partial charge is 0.0801 e. The number of hydrogen-bond donors (Lipinski definition) is 0. The molecule has 3 heteroatoms. The summed E-state index contributed by atoms with van der Waals surface area (Å²) in [5.74, 6) is 0. The summed E-state index contributed by atoms with van der Waals surface area (Å²) in [5, 5.41) is 1.78. The van der Waals surface area contributed by atoms with Crippen LogP contribution in [0, 0.1) is 6.92 Å². The summed E-state index contributed by atoms with van der Waals surface area (Å²) in [6, 6.07) is 25.9. The Kier molecular flexibility index (Phi) is 6.35. The summed E-state index contributed by atoms with van der Waals surface area (Å²) in [6.07, 6.45) is 10.1. The average Bonchev–Trinajstić information content (AvgIpc) is 3.55. The van der Waals surface area contributed by atoms with Gasteiger partial charge in [0.2, 0.25) is 0 Å². The monoisotopic (exact) mass is 573 g/mol. The lowest BCUT2D eigenvalue weighted by Gasteiger charge is -2.66. The molecule has 0 amide bonds. The van der Waals surface area contributed by atoms with Gasteiger partial charge in [-0.2, -0.15) is 0 Å². The Morgan fingerprint density at radius 3 is 2.29 bits per heavy atom. The fourth-order valence-corrected chi connectivity index (χ4v) is 14.2. The Morgan fingerprint density at radius 1 is 0.857 bits per heavy atom. The van der Waals surface area contributed by atoms with Crippen molar-refractivity contribution >= 4 is 24.5 Å². The lowest BCUT2D eigenvalue weighted by Crippen LogP contribution is -2.75. The van der Waals surface area contributed by atoms with E-state index in [-0.39, 0.29) is 15.7 Å². The second kappa shape index (κ2) is 9.56. The van der Waals surface area contributed by atoms with E-state index in [1.807, 2.05) is 0 Å². The van der Waals surface area contributed by atoms with Gasteiger partial charge >= 0.3 is 0 Å². The number of rotatable bonds is 7. The summed E-state index contributed by atoms with van der Waals surface area (Å²) >= 11 is 0. The van der Waals surface area contributed by atoms with Crippen molar-refractivity contribution < 1.29 is 4.74 Å². The molecule has 218 valence electrons. The average molecular weight is 574 g/mol. The Morgan fingerprint density at radius 2 is 1.55 bits per heavy atom. The Balaban J connectivity index is 1.25. The van der Waals surface area contributed by atoms with Crippen molar-refractivity contribution in [3.05, 3.63) is 101 Å². The minimum absolute atomic E-state index is 0.0328. The minimum atomic E-state index is -1.99. The van der Waals surface area contributed by atoms with Gasteiger partial charge in [-0.05, 0) is 93.3 Å². The van der Waals surface area contributed by atoms with Crippen LogP contribution in [0.3, 0.4) is 0 Å². The number of aryl methyl sites for hydroxylation is 2. The van der Waals surface area contributed by atoms with Gasteiger partial charge < -0.3 is 9.30 Å². The molecule has 1 saturated heterocycles. The highest BCUT2D eigenvalue weighted by Crippen LogP contribution is 2.73. The first-order valence-electron chi connectivity index (χ1n) is 16.2. The van der Waals surface area contributed by atoms with E-state index in [0.29, 0.717) is 0 Å². The maximum absolute atomic E-state index is 5.95. The van der Waals surface area contributed by atoms with Crippen LogP contribution in [0.15, 0.2) is 72.8 Å². The molecular formula is C39H47NOSi. The second-order valence-corrected chi connectivity index (χ2v) is 19.9. The Hall–Kier alpha value is -2.88. The molecule has 2 nitrogen and oxygen atoms in total. The zero-order valence-corrected chi connectivity index (χ0v) is 27.7. The summed E-state index contributed by atoms with van der Waals surface area (Å²) in [6.45, 7) is 15.0. The predicted octanol–water partition coefficient (Wildman–Crippen LogP) is 10.0. The largest absolute Gasteiger partial charge is 0.376 e. The molecule has 7 rings (SSSR count). The number of ether oxygens (including phenoxy) is 1. The molecule has 0 bridgehead atoms. The first-order valence-corrected chi connectivity index (χ1v) is 19.2. The van der Waals surface area contributed by atoms with E-state index in [1.54, 1.807) is 22.3 Å². The van der Waals surface area contributed by atoms with Crippen LogP contribution in [-0.2, 0) is 21.9 Å². The highest BCUT2D eigenvalue weighted by Gasteiger charge is 2.74. The fraction of sp³-hybridized carbons (Fsp3) is 0.436. The second-order valence-electron chi connectivity index (χ2n) is 14.9. The maximum atomic E-state index is 5.95. The SMILES string of the molecule is Cc1ccc2c(c1)c1c(n2C)-c2ccccc2C12CC1(C=C(CCCCCCOC(C)(C)C)c3ccccc31)[Si]2(C)C. The molecule has 2 aliphatic carbocycles. The van der Waals surface area contributed by atoms with Crippen molar-refractivity contribution in [2.75, 3.05) is 6.61 Å². The molecule has 2 heterocycles. The van der Waals surface area contributed by atoms with E-state index in [0.717, 1.165) is 13.0 Å². The molecule has 42 heavy (non-hydrogen) atoms. The van der Waals surface area contributed by atoms with E-state index in [9.17, 15) is 0 Å². The van der Waals surface area contributed by atoms with Gasteiger partial charge in [0.1, 0.15) is 0 Å². The van der Waals surface area contributed by atoms with Crippen LogP contribution in [-0.4, -0.2) is 24.8 Å². The quantitative estimate of drug-likeness (QED) is 0.158. The summed E-state index contributed by atoms with van der Waals surface area (Å²) in [7, 11) is 0.294. The van der Waals surface area contributed by atoms with Gasteiger partial charge in [-0.3, -0.25) is 0 Å². The van der Waals surface area contributed by atoms with Crippen molar-refractivity contribution in [3.8, 4) is 11.3 Å². The van der Waals surface area contributed by atoms with Gasteiger partial charge in [0, 0.05) is 40.2 Å². The van der Waals surface area contributed by atoms with Crippen molar-refractivity contribution in [2.45, 2.75) is 95.0 Å². The van der Waals surface area contributed by atoms with Crippen molar-refractivity contribution in [1.29, 1.82) is 0 Å². The molecule has 3 aromatic carbocycles. The van der Waals surface area contributed by atoms with Crippen LogP contribution in [0.25, 0.3) is 27.7 Å². The standard InChI is InChI=1S/C39H47NOSi/c1-27-21-22-34-31(24-27)35-36(40(34)5)30-18-12-14-20-33(30)39(35)26-38(42(39,6)7)25-28(29-17-11-13-19-32(29)38)16-10-8-9-15-23-41-37(2,3)4/h11-14,17-22,24-25H,8-10,15-16,23,26H2,1-7H3. The molecule has 2 spiro atoms. The van der Waals surface area contributed by atoms with Gasteiger partial charge in [-0.1, -0.05) is 92.2 Å². The van der Waals surface area contributed by atoms with Crippen molar-refractivity contribution in [3.63, 3.8) is 0 Å². The predicted molar refractivity (Wildman–Crippen MR) is 181 cm³/mol. The third kappa shape index (κ3) is 3.72. The fourth-order valence-electron chi connectivity index (χ4n) is 9.09. The van der Waals surface area contributed by atoms with E-state index in [4.69, 9.17) is 4.74 Å². The number of fused-ring (bicyclic) bond motifs is 9. The number of unbranched alkanes of at least 4 members (excludes halogenated alkanes) is 3. The normalized spacial score (nSPS) is 23.3. The van der Waals surface area contributed by atoms with E-state index < -0.39 is 8.07 Å². The van der Waals surface area contributed by atoms with Crippen LogP contribution in [0.4, 0.5) is 0 Å². The number of hydrogen-bond acceptors (Lipinski definition) is 1. The summed E-state index contributed by atoms with van der Waals surface area (Å²) in [5.41, 5.74) is 13.6. The zero-order chi connectivity index (χ0) is 29.5. The third-order valence-electron chi connectivity index (χ3n) is 11.2. The Bertz CT molecular complexity index is 1730. The van der Waals surface area contributed by atoms with Crippen LogP contribution in [0.5, 0.6) is 0 Å². The molecule has 1 fully saturated rings. The molecule has 2 unspecified atom stereocenters.